The molecule has 2 aromatic rings. The molecule has 0 aliphatic rings. The van der Waals surface area contributed by atoms with Crippen LogP contribution in [0.5, 0.6) is 0 Å². The van der Waals surface area contributed by atoms with Crippen molar-refractivity contribution < 1.29 is 0 Å². The molecule has 0 saturated carbocycles. The summed E-state index contributed by atoms with van der Waals surface area (Å²) in [5, 5.41) is 0. The Morgan fingerprint density at radius 2 is 1.63 bits per heavy atom. The predicted octanol–water partition coefficient (Wildman–Crippen LogP) is 6.15. The average molecular weight is 337 g/mol. The van der Waals surface area contributed by atoms with E-state index in [0.29, 0.717) is 4.83 Å². The molecule has 19 heavy (non-hydrogen) atoms. The first kappa shape index (κ1) is 14.8. The zero-order valence-electron chi connectivity index (χ0n) is 12.3. The number of benzene rings is 1. The minimum absolute atomic E-state index is 0.217. The van der Waals surface area contributed by atoms with Gasteiger partial charge in [-0.3, -0.25) is 0 Å². The molecular formula is C17H21BrS. The Bertz CT molecular complexity index is 558. The van der Waals surface area contributed by atoms with Gasteiger partial charge >= 0.3 is 0 Å². The zero-order chi connectivity index (χ0) is 14.2. The number of hydrogen-bond donors (Lipinski definition) is 0. The van der Waals surface area contributed by atoms with Crippen LogP contribution in [0.4, 0.5) is 0 Å². The normalized spacial score (nSPS) is 13.6. The highest BCUT2D eigenvalue weighted by Crippen LogP contribution is 2.37. The molecule has 0 fully saturated rings. The maximum atomic E-state index is 3.84. The summed E-state index contributed by atoms with van der Waals surface area (Å²) in [4.78, 5) is 3.08. The van der Waals surface area contributed by atoms with Gasteiger partial charge in [-0.2, -0.15) is 0 Å². The molecule has 1 atom stereocenters. The molecule has 1 aromatic carbocycles. The predicted molar refractivity (Wildman–Crippen MR) is 89.7 cm³/mol. The third kappa shape index (κ3) is 3.29. The largest absolute Gasteiger partial charge is 0.146 e. The van der Waals surface area contributed by atoms with E-state index in [-0.39, 0.29) is 5.41 Å². The van der Waals surface area contributed by atoms with Gasteiger partial charge in [0.05, 0.1) is 4.83 Å². The summed E-state index contributed by atoms with van der Waals surface area (Å²) in [5.41, 5.74) is 4.32. The molecule has 2 heteroatoms. The van der Waals surface area contributed by atoms with Crippen LogP contribution in [0.25, 0.3) is 0 Å². The molecule has 0 aliphatic heterocycles. The zero-order valence-corrected chi connectivity index (χ0v) is 14.7. The molecule has 1 unspecified atom stereocenters. The number of alkyl halides is 1. The minimum atomic E-state index is 0.217. The van der Waals surface area contributed by atoms with E-state index in [1.807, 2.05) is 11.3 Å². The molecule has 0 saturated heterocycles. The summed E-state index contributed by atoms with van der Waals surface area (Å²) in [6, 6.07) is 11.3. The molecule has 0 nitrogen and oxygen atoms in total. The van der Waals surface area contributed by atoms with Crippen molar-refractivity contribution in [2.24, 2.45) is 0 Å². The number of thiophene rings is 1. The Labute approximate surface area is 129 Å². The van der Waals surface area contributed by atoms with E-state index in [9.17, 15) is 0 Å². The van der Waals surface area contributed by atoms with Crippen LogP contribution in [0.2, 0.25) is 0 Å². The van der Waals surface area contributed by atoms with Gasteiger partial charge < -0.3 is 0 Å². The third-order valence-corrected chi connectivity index (χ3v) is 5.43. The van der Waals surface area contributed by atoms with Crippen molar-refractivity contribution >= 4 is 27.3 Å². The number of rotatable bonds is 2. The van der Waals surface area contributed by atoms with Gasteiger partial charge in [0.25, 0.3) is 0 Å². The van der Waals surface area contributed by atoms with E-state index in [1.165, 1.54) is 26.4 Å². The Kier molecular flexibility index (Phi) is 4.22. The SMILES string of the molecule is Cc1cc(C(Br)c2ccc(C(C)(C)C)cc2)c(C)s1. The number of halogens is 1. The summed E-state index contributed by atoms with van der Waals surface area (Å²) in [6.07, 6.45) is 0. The molecule has 2 rings (SSSR count). The van der Waals surface area contributed by atoms with Crippen molar-refractivity contribution in [3.05, 3.63) is 56.8 Å². The van der Waals surface area contributed by atoms with Gasteiger partial charge in [0.1, 0.15) is 0 Å². The third-order valence-electron chi connectivity index (χ3n) is 3.42. The summed E-state index contributed by atoms with van der Waals surface area (Å²) in [7, 11) is 0. The Balaban J connectivity index is 2.30. The van der Waals surface area contributed by atoms with Crippen molar-refractivity contribution in [1.82, 2.24) is 0 Å². The molecule has 0 aliphatic carbocycles. The lowest BCUT2D eigenvalue weighted by atomic mass is 9.86. The summed E-state index contributed by atoms with van der Waals surface area (Å²) >= 11 is 5.71. The fourth-order valence-corrected chi connectivity index (χ4v) is 4.13. The minimum Gasteiger partial charge on any atom is -0.146 e. The molecular weight excluding hydrogens is 316 g/mol. The van der Waals surface area contributed by atoms with Gasteiger partial charge in [-0.1, -0.05) is 61.0 Å². The highest BCUT2D eigenvalue weighted by atomic mass is 79.9. The molecule has 0 N–H and O–H groups in total. The Morgan fingerprint density at radius 3 is 2.05 bits per heavy atom. The van der Waals surface area contributed by atoms with E-state index in [2.05, 4.69) is 80.9 Å². The highest BCUT2D eigenvalue weighted by Gasteiger charge is 2.17. The van der Waals surface area contributed by atoms with Gasteiger partial charge in [0.2, 0.25) is 0 Å². The monoisotopic (exact) mass is 336 g/mol. The maximum Gasteiger partial charge on any atom is 0.0655 e. The van der Waals surface area contributed by atoms with Gasteiger partial charge in [-0.05, 0) is 42.0 Å². The Hall–Kier alpha value is -0.600. The first-order chi connectivity index (χ1) is 8.79. The molecule has 1 heterocycles. The van der Waals surface area contributed by atoms with Crippen LogP contribution in [-0.4, -0.2) is 0 Å². The molecule has 0 radical (unpaired) electrons. The fraction of sp³-hybridized carbons (Fsp3) is 0.412. The van der Waals surface area contributed by atoms with Crippen LogP contribution in [0.1, 0.15) is 52.0 Å². The topological polar surface area (TPSA) is 0 Å². The van der Waals surface area contributed by atoms with Gasteiger partial charge in [0.15, 0.2) is 0 Å². The van der Waals surface area contributed by atoms with Crippen LogP contribution in [-0.2, 0) is 5.41 Å². The van der Waals surface area contributed by atoms with Crippen molar-refractivity contribution in [3.8, 4) is 0 Å². The van der Waals surface area contributed by atoms with Crippen molar-refractivity contribution in [2.45, 2.75) is 44.9 Å². The Morgan fingerprint density at radius 1 is 1.05 bits per heavy atom. The smallest absolute Gasteiger partial charge is 0.0655 e. The molecule has 0 amide bonds. The van der Waals surface area contributed by atoms with Crippen LogP contribution in [0.15, 0.2) is 30.3 Å². The van der Waals surface area contributed by atoms with Crippen LogP contribution in [0.3, 0.4) is 0 Å². The van der Waals surface area contributed by atoms with E-state index < -0.39 is 0 Å². The second kappa shape index (κ2) is 5.41. The van der Waals surface area contributed by atoms with Gasteiger partial charge in [-0.15, -0.1) is 11.3 Å². The van der Waals surface area contributed by atoms with Crippen molar-refractivity contribution in [3.63, 3.8) is 0 Å². The van der Waals surface area contributed by atoms with E-state index >= 15 is 0 Å². The second-order valence-corrected chi connectivity index (χ2v) is 8.48. The first-order valence-electron chi connectivity index (χ1n) is 6.60. The van der Waals surface area contributed by atoms with Gasteiger partial charge in [-0.25, -0.2) is 0 Å². The number of aryl methyl sites for hydroxylation is 2. The molecule has 0 spiro atoms. The van der Waals surface area contributed by atoms with E-state index in [4.69, 9.17) is 0 Å². The van der Waals surface area contributed by atoms with Gasteiger partial charge in [0, 0.05) is 9.75 Å². The summed E-state index contributed by atoms with van der Waals surface area (Å²) in [5.74, 6) is 0. The lowest BCUT2D eigenvalue weighted by Gasteiger charge is -2.20. The number of hydrogen-bond acceptors (Lipinski definition) is 1. The first-order valence-corrected chi connectivity index (χ1v) is 8.33. The second-order valence-electron chi connectivity index (χ2n) is 6.10. The molecule has 1 aromatic heterocycles. The fourth-order valence-electron chi connectivity index (χ4n) is 2.23. The van der Waals surface area contributed by atoms with Crippen molar-refractivity contribution in [2.75, 3.05) is 0 Å². The van der Waals surface area contributed by atoms with Crippen molar-refractivity contribution in [1.29, 1.82) is 0 Å². The molecule has 102 valence electrons. The quantitative estimate of drug-likeness (QED) is 0.577. The van der Waals surface area contributed by atoms with E-state index in [0.717, 1.165) is 0 Å². The lowest BCUT2D eigenvalue weighted by Crippen LogP contribution is -2.10. The standard InChI is InChI=1S/C17H21BrS/c1-11-10-15(12(2)19-11)16(18)13-6-8-14(9-7-13)17(3,4)5/h6-10,16H,1-5H3. The lowest BCUT2D eigenvalue weighted by molar-refractivity contribution is 0.590. The maximum absolute atomic E-state index is 3.84. The summed E-state index contributed by atoms with van der Waals surface area (Å²) < 4.78 is 0. The van der Waals surface area contributed by atoms with Crippen LogP contribution in [0, 0.1) is 13.8 Å². The van der Waals surface area contributed by atoms with Crippen LogP contribution < -0.4 is 0 Å². The van der Waals surface area contributed by atoms with E-state index in [1.54, 1.807) is 0 Å². The molecule has 0 bridgehead atoms. The highest BCUT2D eigenvalue weighted by molar-refractivity contribution is 9.09. The van der Waals surface area contributed by atoms with Crippen LogP contribution >= 0.6 is 27.3 Å². The average Bonchev–Trinajstić information content (AvgIpc) is 2.66. The summed E-state index contributed by atoms with van der Waals surface area (Å²) in [6.45, 7) is 11.1.